The van der Waals surface area contributed by atoms with Crippen LogP contribution in [0, 0.1) is 6.92 Å². The first-order valence-electron chi connectivity index (χ1n) is 12.4. The van der Waals surface area contributed by atoms with Gasteiger partial charge in [-0.1, -0.05) is 45.7 Å². The fourth-order valence-corrected chi connectivity index (χ4v) is 4.47. The quantitative estimate of drug-likeness (QED) is 0.362. The van der Waals surface area contributed by atoms with Gasteiger partial charge in [0.2, 0.25) is 0 Å². The van der Waals surface area contributed by atoms with Gasteiger partial charge in [0.1, 0.15) is 24.2 Å². The van der Waals surface area contributed by atoms with Gasteiger partial charge in [0.05, 0.1) is 6.61 Å². The molecule has 0 aliphatic rings. The maximum atomic E-state index is 12.9. The molecule has 0 saturated heterocycles. The molecule has 184 valence electrons. The molecular formula is C27H42N2O4. The number of rotatable bonds is 14. The van der Waals surface area contributed by atoms with Gasteiger partial charge in [-0.25, -0.2) is 0 Å². The molecule has 1 heterocycles. The largest absolute Gasteiger partial charge is 0.491 e. The second-order valence-corrected chi connectivity index (χ2v) is 8.78. The van der Waals surface area contributed by atoms with Crippen molar-refractivity contribution >= 4 is 5.91 Å². The Kier molecular flexibility index (Phi) is 10.5. The number of benzene rings is 1. The first-order chi connectivity index (χ1) is 15.9. The second kappa shape index (κ2) is 12.8. The van der Waals surface area contributed by atoms with Gasteiger partial charge < -0.3 is 24.8 Å². The molecule has 6 nitrogen and oxygen atoms in total. The van der Waals surface area contributed by atoms with Crippen LogP contribution in [0.15, 0.2) is 30.5 Å². The highest BCUT2D eigenvalue weighted by molar-refractivity contribution is 5.93. The van der Waals surface area contributed by atoms with Crippen LogP contribution in [0.5, 0.6) is 5.75 Å². The van der Waals surface area contributed by atoms with Gasteiger partial charge in [-0.05, 0) is 61.9 Å². The summed E-state index contributed by atoms with van der Waals surface area (Å²) in [5.74, 6) is 0.688. The van der Waals surface area contributed by atoms with Crippen molar-refractivity contribution in [2.45, 2.75) is 84.8 Å². The molecule has 0 saturated carbocycles. The van der Waals surface area contributed by atoms with E-state index >= 15 is 0 Å². The number of aryl methyl sites for hydroxylation is 2. The predicted octanol–water partition coefficient (Wildman–Crippen LogP) is 4.57. The fourth-order valence-electron chi connectivity index (χ4n) is 4.47. The highest BCUT2D eigenvalue weighted by atomic mass is 16.5. The molecule has 1 aromatic carbocycles. The molecule has 6 heteroatoms. The first-order valence-corrected chi connectivity index (χ1v) is 12.4. The summed E-state index contributed by atoms with van der Waals surface area (Å²) in [6.07, 6.45) is 6.29. The molecule has 0 spiro atoms. The van der Waals surface area contributed by atoms with Crippen LogP contribution in [-0.4, -0.2) is 46.5 Å². The average molecular weight is 459 g/mol. The van der Waals surface area contributed by atoms with Crippen molar-refractivity contribution in [3.63, 3.8) is 0 Å². The smallest absolute Gasteiger partial charge is 0.267 e. The van der Waals surface area contributed by atoms with Crippen LogP contribution in [0.2, 0.25) is 0 Å². The lowest BCUT2D eigenvalue weighted by atomic mass is 9.71. The zero-order chi connectivity index (χ0) is 24.4. The van der Waals surface area contributed by atoms with Gasteiger partial charge in [-0.15, -0.1) is 0 Å². The summed E-state index contributed by atoms with van der Waals surface area (Å²) in [7, 11) is 0. The molecule has 0 aliphatic carbocycles. The fraction of sp³-hybridized carbons (Fsp3) is 0.593. The Hall–Kier alpha value is -2.31. The summed E-state index contributed by atoms with van der Waals surface area (Å²) in [5.41, 5.74) is 3.81. The number of unbranched alkanes of at least 4 members (excludes halogenated alkanes) is 2. The summed E-state index contributed by atoms with van der Waals surface area (Å²) in [6.45, 7) is 11.8. The molecule has 0 aliphatic heterocycles. The standard InChI is InChI=1S/C27H42N2O4/c1-6-10-11-14-28-26(32)24-16-22(17-29(24)9-4)27(7-2,8-3)21-12-13-25(20(5)15-21)33-19-23(31)18-30/h12-13,15-17,23,30-31H,6-11,14,18-19H2,1-5H3,(H,28,32). The highest BCUT2D eigenvalue weighted by Crippen LogP contribution is 2.41. The molecule has 33 heavy (non-hydrogen) atoms. The van der Waals surface area contributed by atoms with Crippen LogP contribution in [0.25, 0.3) is 0 Å². The van der Waals surface area contributed by atoms with E-state index in [1.807, 2.05) is 17.6 Å². The summed E-state index contributed by atoms with van der Waals surface area (Å²) >= 11 is 0. The van der Waals surface area contributed by atoms with E-state index in [1.165, 1.54) is 5.56 Å². The molecule has 1 aromatic heterocycles. The molecular weight excluding hydrogens is 416 g/mol. The minimum absolute atomic E-state index is 0.0114. The van der Waals surface area contributed by atoms with E-state index in [4.69, 9.17) is 9.84 Å². The zero-order valence-electron chi connectivity index (χ0n) is 21.0. The van der Waals surface area contributed by atoms with Crippen molar-refractivity contribution in [3.05, 3.63) is 52.8 Å². The lowest BCUT2D eigenvalue weighted by molar-refractivity contribution is 0.0534. The number of nitrogens with one attached hydrogen (secondary N) is 1. The van der Waals surface area contributed by atoms with Crippen molar-refractivity contribution < 1.29 is 19.7 Å². The summed E-state index contributed by atoms with van der Waals surface area (Å²) in [5, 5.41) is 21.7. The number of aromatic nitrogens is 1. The van der Waals surface area contributed by atoms with E-state index in [0.29, 0.717) is 18.0 Å². The van der Waals surface area contributed by atoms with Gasteiger partial charge in [-0.2, -0.15) is 0 Å². The Morgan fingerprint density at radius 1 is 1.12 bits per heavy atom. The maximum absolute atomic E-state index is 12.9. The Labute approximate surface area is 199 Å². The van der Waals surface area contributed by atoms with Crippen LogP contribution in [0.3, 0.4) is 0 Å². The molecule has 0 radical (unpaired) electrons. The summed E-state index contributed by atoms with van der Waals surface area (Å²) < 4.78 is 7.74. The van der Waals surface area contributed by atoms with Gasteiger partial charge >= 0.3 is 0 Å². The number of aliphatic hydroxyl groups excluding tert-OH is 2. The van der Waals surface area contributed by atoms with Crippen LogP contribution < -0.4 is 10.1 Å². The number of hydrogen-bond acceptors (Lipinski definition) is 4. The highest BCUT2D eigenvalue weighted by Gasteiger charge is 2.33. The van der Waals surface area contributed by atoms with Gasteiger partial charge in [-0.3, -0.25) is 4.79 Å². The monoisotopic (exact) mass is 458 g/mol. The number of amides is 1. The normalized spacial score (nSPS) is 12.6. The van der Waals surface area contributed by atoms with Crippen LogP contribution in [0.1, 0.15) is 87.0 Å². The number of aliphatic hydroxyl groups is 2. The molecule has 1 amide bonds. The first kappa shape index (κ1) is 26.9. The Morgan fingerprint density at radius 2 is 1.85 bits per heavy atom. The van der Waals surface area contributed by atoms with E-state index in [-0.39, 0.29) is 24.5 Å². The summed E-state index contributed by atoms with van der Waals surface area (Å²) in [4.78, 5) is 12.9. The van der Waals surface area contributed by atoms with Gasteiger partial charge in [0.15, 0.2) is 0 Å². The topological polar surface area (TPSA) is 83.7 Å². The maximum Gasteiger partial charge on any atom is 0.267 e. The Morgan fingerprint density at radius 3 is 2.42 bits per heavy atom. The number of ether oxygens (including phenoxy) is 1. The van der Waals surface area contributed by atoms with E-state index in [2.05, 4.69) is 57.4 Å². The van der Waals surface area contributed by atoms with Gasteiger partial charge in [0.25, 0.3) is 5.91 Å². The second-order valence-electron chi connectivity index (χ2n) is 8.78. The number of carbonyl (C=O) groups excluding carboxylic acids is 1. The van der Waals surface area contributed by atoms with Gasteiger partial charge in [0, 0.05) is 24.7 Å². The zero-order valence-corrected chi connectivity index (χ0v) is 21.0. The third kappa shape index (κ3) is 6.39. The lowest BCUT2D eigenvalue weighted by Crippen LogP contribution is -2.27. The van der Waals surface area contributed by atoms with E-state index in [1.54, 1.807) is 0 Å². The van der Waals surface area contributed by atoms with E-state index in [0.717, 1.165) is 49.8 Å². The van der Waals surface area contributed by atoms with E-state index < -0.39 is 6.10 Å². The number of hydrogen-bond donors (Lipinski definition) is 3. The van der Waals surface area contributed by atoms with Crippen molar-refractivity contribution in [1.29, 1.82) is 0 Å². The number of carbonyl (C=O) groups is 1. The summed E-state index contributed by atoms with van der Waals surface area (Å²) in [6, 6.07) is 8.21. The molecule has 2 rings (SSSR count). The minimum Gasteiger partial charge on any atom is -0.491 e. The molecule has 1 atom stereocenters. The van der Waals surface area contributed by atoms with Crippen LogP contribution in [0.4, 0.5) is 0 Å². The molecule has 2 aromatic rings. The Bertz CT molecular complexity index is 886. The van der Waals surface area contributed by atoms with Crippen molar-refractivity contribution in [2.75, 3.05) is 19.8 Å². The molecule has 3 N–H and O–H groups in total. The third-order valence-electron chi connectivity index (χ3n) is 6.66. The van der Waals surface area contributed by atoms with Crippen LogP contribution >= 0.6 is 0 Å². The molecule has 0 fully saturated rings. The third-order valence-corrected chi connectivity index (χ3v) is 6.66. The van der Waals surface area contributed by atoms with E-state index in [9.17, 15) is 9.90 Å². The number of nitrogens with zero attached hydrogens (tertiary/aromatic N) is 1. The SMILES string of the molecule is CCCCCNC(=O)c1cc(C(CC)(CC)c2ccc(OCC(O)CO)c(C)c2)cn1CC. The van der Waals surface area contributed by atoms with Crippen molar-refractivity contribution in [3.8, 4) is 5.75 Å². The lowest BCUT2D eigenvalue weighted by Gasteiger charge is -2.32. The Balaban J connectivity index is 2.35. The minimum atomic E-state index is -0.894. The molecule has 1 unspecified atom stereocenters. The van der Waals surface area contributed by atoms with Crippen molar-refractivity contribution in [2.24, 2.45) is 0 Å². The van der Waals surface area contributed by atoms with Crippen molar-refractivity contribution in [1.82, 2.24) is 9.88 Å². The predicted molar refractivity (Wildman–Crippen MR) is 133 cm³/mol. The molecule has 0 bridgehead atoms. The van der Waals surface area contributed by atoms with Crippen LogP contribution in [-0.2, 0) is 12.0 Å². The average Bonchev–Trinajstić information content (AvgIpc) is 3.27.